The molecule has 1 atom stereocenters. The zero-order valence-corrected chi connectivity index (χ0v) is 7.80. The lowest BCUT2D eigenvalue weighted by Crippen LogP contribution is -2.16. The van der Waals surface area contributed by atoms with E-state index in [1.807, 2.05) is 17.5 Å². The van der Waals surface area contributed by atoms with E-state index in [0.717, 1.165) is 6.42 Å². The van der Waals surface area contributed by atoms with Crippen molar-refractivity contribution in [2.24, 2.45) is 0 Å². The van der Waals surface area contributed by atoms with E-state index in [2.05, 4.69) is 0 Å². The number of aliphatic hydroxyl groups is 1. The van der Waals surface area contributed by atoms with Crippen LogP contribution in [-0.2, 0) is 11.2 Å². The van der Waals surface area contributed by atoms with Gasteiger partial charge in [0.05, 0.1) is 0 Å². The van der Waals surface area contributed by atoms with E-state index in [0.29, 0.717) is 6.42 Å². The number of carbonyl (C=O) groups excluding carboxylic acids is 1. The van der Waals surface area contributed by atoms with E-state index in [1.54, 1.807) is 11.3 Å². The number of rotatable bonds is 4. The molecule has 0 amide bonds. The summed E-state index contributed by atoms with van der Waals surface area (Å²) in [6, 6.07) is 3.97. The van der Waals surface area contributed by atoms with Crippen LogP contribution >= 0.6 is 11.3 Å². The molecule has 1 N–H and O–H groups in total. The van der Waals surface area contributed by atoms with Crippen molar-refractivity contribution in [3.05, 3.63) is 22.4 Å². The second-order valence-electron chi connectivity index (χ2n) is 2.72. The Morgan fingerprint density at radius 3 is 3.00 bits per heavy atom. The number of aryl methyl sites for hydroxylation is 1. The molecule has 1 aromatic heterocycles. The van der Waals surface area contributed by atoms with Crippen LogP contribution in [0.1, 0.15) is 18.2 Å². The SMILES string of the molecule is CC(O)C(=O)CCc1cccs1. The molecule has 0 saturated heterocycles. The van der Waals surface area contributed by atoms with Crippen LogP contribution in [0.4, 0.5) is 0 Å². The van der Waals surface area contributed by atoms with Gasteiger partial charge >= 0.3 is 0 Å². The largest absolute Gasteiger partial charge is 0.386 e. The molecule has 0 bridgehead atoms. The highest BCUT2D eigenvalue weighted by molar-refractivity contribution is 7.09. The summed E-state index contributed by atoms with van der Waals surface area (Å²) in [5, 5.41) is 10.9. The molecular weight excluding hydrogens is 172 g/mol. The molecule has 12 heavy (non-hydrogen) atoms. The molecule has 0 radical (unpaired) electrons. The summed E-state index contributed by atoms with van der Waals surface area (Å²) in [6.45, 7) is 1.51. The highest BCUT2D eigenvalue weighted by Crippen LogP contribution is 2.11. The van der Waals surface area contributed by atoms with E-state index in [-0.39, 0.29) is 5.78 Å². The number of thiophene rings is 1. The van der Waals surface area contributed by atoms with Gasteiger partial charge in [-0.25, -0.2) is 0 Å². The van der Waals surface area contributed by atoms with E-state index < -0.39 is 6.10 Å². The van der Waals surface area contributed by atoms with Crippen molar-refractivity contribution >= 4 is 17.1 Å². The third-order valence-electron chi connectivity index (χ3n) is 1.66. The number of ketones is 1. The van der Waals surface area contributed by atoms with Crippen LogP contribution in [0.15, 0.2) is 17.5 Å². The summed E-state index contributed by atoms with van der Waals surface area (Å²) in [5.74, 6) is -0.0802. The summed E-state index contributed by atoms with van der Waals surface area (Å²) in [4.78, 5) is 12.2. The maximum atomic E-state index is 11.0. The minimum atomic E-state index is -0.815. The maximum Gasteiger partial charge on any atom is 0.161 e. The average molecular weight is 184 g/mol. The number of hydrogen-bond donors (Lipinski definition) is 1. The van der Waals surface area contributed by atoms with E-state index in [4.69, 9.17) is 5.11 Å². The summed E-state index contributed by atoms with van der Waals surface area (Å²) in [5.41, 5.74) is 0. The van der Waals surface area contributed by atoms with Crippen molar-refractivity contribution < 1.29 is 9.90 Å². The quantitative estimate of drug-likeness (QED) is 0.772. The normalized spacial score (nSPS) is 12.8. The monoisotopic (exact) mass is 184 g/mol. The van der Waals surface area contributed by atoms with Gasteiger partial charge in [-0.05, 0) is 24.8 Å². The average Bonchev–Trinajstić information content (AvgIpc) is 2.51. The molecule has 0 fully saturated rings. The fourth-order valence-electron chi connectivity index (χ4n) is 0.910. The van der Waals surface area contributed by atoms with Crippen LogP contribution in [0, 0.1) is 0 Å². The van der Waals surface area contributed by atoms with E-state index in [9.17, 15) is 4.79 Å². The molecule has 3 heteroatoms. The second-order valence-corrected chi connectivity index (χ2v) is 3.75. The lowest BCUT2D eigenvalue weighted by atomic mass is 10.1. The first-order valence-electron chi connectivity index (χ1n) is 3.93. The fourth-order valence-corrected chi connectivity index (χ4v) is 1.62. The van der Waals surface area contributed by atoms with Crippen molar-refractivity contribution in [3.63, 3.8) is 0 Å². The molecule has 0 aliphatic carbocycles. The zero-order chi connectivity index (χ0) is 8.97. The standard InChI is InChI=1S/C9H12O2S/c1-7(10)9(11)5-4-8-3-2-6-12-8/h2-3,6-7,10H,4-5H2,1H3. The molecule has 1 unspecified atom stereocenters. The second kappa shape index (κ2) is 4.38. The molecular formula is C9H12O2S. The Morgan fingerprint density at radius 2 is 2.50 bits per heavy atom. The first-order valence-corrected chi connectivity index (χ1v) is 4.81. The van der Waals surface area contributed by atoms with Gasteiger partial charge in [-0.3, -0.25) is 4.79 Å². The molecule has 0 aromatic carbocycles. The highest BCUT2D eigenvalue weighted by Gasteiger charge is 2.08. The van der Waals surface area contributed by atoms with Crippen molar-refractivity contribution in [1.82, 2.24) is 0 Å². The summed E-state index contributed by atoms with van der Waals surface area (Å²) < 4.78 is 0. The predicted molar refractivity (Wildman–Crippen MR) is 49.3 cm³/mol. The highest BCUT2D eigenvalue weighted by atomic mass is 32.1. The van der Waals surface area contributed by atoms with Crippen LogP contribution in [-0.4, -0.2) is 17.0 Å². The molecule has 0 saturated carbocycles. The Kier molecular flexibility index (Phi) is 3.44. The Hall–Kier alpha value is -0.670. The third-order valence-corrected chi connectivity index (χ3v) is 2.60. The van der Waals surface area contributed by atoms with Gasteiger partial charge in [0.1, 0.15) is 6.10 Å². The molecule has 2 nitrogen and oxygen atoms in total. The molecule has 0 aliphatic rings. The number of Topliss-reactive ketones (excluding diaryl/α,β-unsaturated/α-hetero) is 1. The molecule has 1 heterocycles. The van der Waals surface area contributed by atoms with Gasteiger partial charge in [-0.1, -0.05) is 6.07 Å². The van der Waals surface area contributed by atoms with Gasteiger partial charge in [0.25, 0.3) is 0 Å². The van der Waals surface area contributed by atoms with Crippen molar-refractivity contribution in [2.75, 3.05) is 0 Å². The van der Waals surface area contributed by atoms with Crippen molar-refractivity contribution in [2.45, 2.75) is 25.9 Å². The molecule has 66 valence electrons. The zero-order valence-electron chi connectivity index (χ0n) is 6.99. The summed E-state index contributed by atoms with van der Waals surface area (Å²) in [7, 11) is 0. The summed E-state index contributed by atoms with van der Waals surface area (Å²) >= 11 is 1.64. The molecule has 0 spiro atoms. The summed E-state index contributed by atoms with van der Waals surface area (Å²) in [6.07, 6.45) is 0.379. The Balaban J connectivity index is 2.32. The van der Waals surface area contributed by atoms with Gasteiger partial charge in [-0.15, -0.1) is 11.3 Å². The number of aliphatic hydroxyl groups excluding tert-OH is 1. The maximum absolute atomic E-state index is 11.0. The van der Waals surface area contributed by atoms with E-state index >= 15 is 0 Å². The fraction of sp³-hybridized carbons (Fsp3) is 0.444. The topological polar surface area (TPSA) is 37.3 Å². The minimum Gasteiger partial charge on any atom is -0.386 e. The molecule has 0 aliphatic heterocycles. The van der Waals surface area contributed by atoms with Gasteiger partial charge < -0.3 is 5.11 Å². The van der Waals surface area contributed by atoms with Crippen molar-refractivity contribution in [3.8, 4) is 0 Å². The molecule has 1 rings (SSSR count). The molecule has 1 aromatic rings. The van der Waals surface area contributed by atoms with Crippen molar-refractivity contribution in [1.29, 1.82) is 0 Å². The first kappa shape index (κ1) is 9.42. The predicted octanol–water partition coefficient (Wildman–Crippen LogP) is 1.63. The lowest BCUT2D eigenvalue weighted by Gasteiger charge is -2.00. The lowest BCUT2D eigenvalue weighted by molar-refractivity contribution is -0.126. The van der Waals surface area contributed by atoms with Crippen LogP contribution in [0.25, 0.3) is 0 Å². The van der Waals surface area contributed by atoms with Crippen LogP contribution in [0.5, 0.6) is 0 Å². The van der Waals surface area contributed by atoms with Crippen LogP contribution < -0.4 is 0 Å². The van der Waals surface area contributed by atoms with Crippen LogP contribution in [0.3, 0.4) is 0 Å². The first-order chi connectivity index (χ1) is 5.70. The van der Waals surface area contributed by atoms with Gasteiger partial charge in [-0.2, -0.15) is 0 Å². The van der Waals surface area contributed by atoms with Gasteiger partial charge in [0.2, 0.25) is 0 Å². The third kappa shape index (κ3) is 2.75. The smallest absolute Gasteiger partial charge is 0.161 e. The minimum absolute atomic E-state index is 0.0802. The van der Waals surface area contributed by atoms with Gasteiger partial charge in [0.15, 0.2) is 5.78 Å². The van der Waals surface area contributed by atoms with Crippen LogP contribution in [0.2, 0.25) is 0 Å². The Bertz CT molecular complexity index is 239. The van der Waals surface area contributed by atoms with Gasteiger partial charge in [0, 0.05) is 11.3 Å². The Morgan fingerprint density at radius 1 is 1.75 bits per heavy atom. The number of carbonyl (C=O) groups is 1. The Labute approximate surface area is 75.9 Å². The number of hydrogen-bond acceptors (Lipinski definition) is 3. The van der Waals surface area contributed by atoms with E-state index in [1.165, 1.54) is 11.8 Å².